The SMILES string of the molecule is N[C@](CO)(Cc1ccccc1)C(=O)O. The lowest BCUT2D eigenvalue weighted by Crippen LogP contribution is -2.53. The van der Waals surface area contributed by atoms with Crippen LogP contribution in [0.25, 0.3) is 0 Å². The van der Waals surface area contributed by atoms with Crippen molar-refractivity contribution in [1.82, 2.24) is 0 Å². The smallest absolute Gasteiger partial charge is 0.326 e. The van der Waals surface area contributed by atoms with Crippen molar-refractivity contribution in [3.8, 4) is 0 Å². The third kappa shape index (κ3) is 2.31. The predicted molar refractivity (Wildman–Crippen MR) is 51.8 cm³/mol. The molecule has 4 nitrogen and oxygen atoms in total. The maximum absolute atomic E-state index is 10.8. The molecular weight excluding hydrogens is 182 g/mol. The minimum Gasteiger partial charge on any atom is -0.480 e. The fourth-order valence-electron chi connectivity index (χ4n) is 1.16. The Morgan fingerprint density at radius 1 is 1.36 bits per heavy atom. The summed E-state index contributed by atoms with van der Waals surface area (Å²) < 4.78 is 0. The summed E-state index contributed by atoms with van der Waals surface area (Å²) in [5, 5.41) is 17.7. The molecule has 1 aromatic carbocycles. The van der Waals surface area contributed by atoms with Gasteiger partial charge in [0.25, 0.3) is 0 Å². The topological polar surface area (TPSA) is 83.5 Å². The largest absolute Gasteiger partial charge is 0.480 e. The molecule has 0 spiro atoms. The molecule has 0 fully saturated rings. The third-order valence-corrected chi connectivity index (χ3v) is 2.07. The summed E-state index contributed by atoms with van der Waals surface area (Å²) in [7, 11) is 0. The summed E-state index contributed by atoms with van der Waals surface area (Å²) in [6.07, 6.45) is 0.125. The van der Waals surface area contributed by atoms with E-state index in [0.717, 1.165) is 5.56 Å². The number of nitrogens with two attached hydrogens (primary N) is 1. The first kappa shape index (κ1) is 10.7. The minimum absolute atomic E-state index is 0.125. The molecule has 1 rings (SSSR count). The number of carbonyl (C=O) groups is 1. The van der Waals surface area contributed by atoms with Crippen LogP contribution in [-0.4, -0.2) is 28.3 Å². The Morgan fingerprint density at radius 2 is 1.93 bits per heavy atom. The van der Waals surface area contributed by atoms with Gasteiger partial charge in [0.2, 0.25) is 0 Å². The van der Waals surface area contributed by atoms with E-state index in [4.69, 9.17) is 15.9 Å². The molecule has 0 saturated carbocycles. The molecule has 1 aromatic rings. The van der Waals surface area contributed by atoms with Crippen LogP contribution in [0.2, 0.25) is 0 Å². The monoisotopic (exact) mass is 195 g/mol. The van der Waals surface area contributed by atoms with E-state index < -0.39 is 18.1 Å². The van der Waals surface area contributed by atoms with Crippen molar-refractivity contribution in [1.29, 1.82) is 0 Å². The number of hydrogen-bond acceptors (Lipinski definition) is 3. The van der Waals surface area contributed by atoms with Crippen LogP contribution in [0, 0.1) is 0 Å². The third-order valence-electron chi connectivity index (χ3n) is 2.07. The van der Waals surface area contributed by atoms with Crippen molar-refractivity contribution in [3.05, 3.63) is 35.9 Å². The lowest BCUT2D eigenvalue weighted by molar-refractivity contribution is -0.144. The van der Waals surface area contributed by atoms with Gasteiger partial charge in [-0.25, -0.2) is 0 Å². The van der Waals surface area contributed by atoms with Gasteiger partial charge in [-0.3, -0.25) is 4.79 Å². The van der Waals surface area contributed by atoms with Crippen molar-refractivity contribution in [2.75, 3.05) is 6.61 Å². The number of aliphatic hydroxyl groups is 1. The average molecular weight is 195 g/mol. The maximum atomic E-state index is 10.8. The second-order valence-corrected chi connectivity index (χ2v) is 3.28. The van der Waals surface area contributed by atoms with Crippen LogP contribution in [-0.2, 0) is 11.2 Å². The first-order valence-electron chi connectivity index (χ1n) is 4.25. The average Bonchev–Trinajstić information content (AvgIpc) is 2.19. The van der Waals surface area contributed by atoms with Crippen LogP contribution in [0.4, 0.5) is 0 Å². The lowest BCUT2D eigenvalue weighted by Gasteiger charge is -2.21. The minimum atomic E-state index is -1.58. The maximum Gasteiger partial charge on any atom is 0.326 e. The van der Waals surface area contributed by atoms with Gasteiger partial charge >= 0.3 is 5.97 Å². The summed E-state index contributed by atoms with van der Waals surface area (Å²) in [4.78, 5) is 10.8. The number of carboxylic acid groups (broad SMARTS) is 1. The molecule has 0 aromatic heterocycles. The summed E-state index contributed by atoms with van der Waals surface area (Å²) in [6.45, 7) is -0.572. The van der Waals surface area contributed by atoms with Gasteiger partial charge in [0.15, 0.2) is 0 Å². The fourth-order valence-corrected chi connectivity index (χ4v) is 1.16. The van der Waals surface area contributed by atoms with E-state index in [0.29, 0.717) is 0 Å². The fraction of sp³-hybridized carbons (Fsp3) is 0.300. The molecule has 0 unspecified atom stereocenters. The van der Waals surface area contributed by atoms with E-state index >= 15 is 0 Å². The Balaban J connectivity index is 2.81. The molecule has 0 aliphatic rings. The highest BCUT2D eigenvalue weighted by Gasteiger charge is 2.33. The Morgan fingerprint density at radius 3 is 2.36 bits per heavy atom. The Bertz CT molecular complexity index is 312. The molecule has 4 heteroatoms. The van der Waals surface area contributed by atoms with E-state index in [1.807, 2.05) is 6.07 Å². The van der Waals surface area contributed by atoms with Crippen LogP contribution < -0.4 is 5.73 Å². The summed E-state index contributed by atoms with van der Waals surface area (Å²) in [5.41, 5.74) is 4.74. The number of aliphatic hydroxyl groups excluding tert-OH is 1. The number of aliphatic carboxylic acids is 1. The predicted octanol–water partition coefficient (Wildman–Crippen LogP) is 0.00350. The first-order valence-corrected chi connectivity index (χ1v) is 4.25. The van der Waals surface area contributed by atoms with Crippen molar-refractivity contribution >= 4 is 5.97 Å². The summed E-state index contributed by atoms with van der Waals surface area (Å²) in [6, 6.07) is 8.99. The van der Waals surface area contributed by atoms with Crippen LogP contribution in [0.5, 0.6) is 0 Å². The standard InChI is InChI=1S/C10H13NO3/c11-10(7-12,9(13)14)6-8-4-2-1-3-5-8/h1-5,12H,6-7,11H2,(H,13,14)/t10-/m0/s1. The zero-order valence-corrected chi connectivity index (χ0v) is 7.68. The molecule has 0 aliphatic carbocycles. The van der Waals surface area contributed by atoms with Crippen molar-refractivity contribution in [2.45, 2.75) is 12.0 Å². The van der Waals surface area contributed by atoms with Crippen LogP contribution in [0.15, 0.2) is 30.3 Å². The van der Waals surface area contributed by atoms with Crippen molar-refractivity contribution < 1.29 is 15.0 Å². The van der Waals surface area contributed by atoms with Gasteiger partial charge in [-0.15, -0.1) is 0 Å². The van der Waals surface area contributed by atoms with Gasteiger partial charge in [-0.2, -0.15) is 0 Å². The van der Waals surface area contributed by atoms with Gasteiger partial charge in [0.05, 0.1) is 6.61 Å². The van der Waals surface area contributed by atoms with Gasteiger partial charge in [0, 0.05) is 6.42 Å². The Labute approximate surface area is 82.0 Å². The summed E-state index contributed by atoms with van der Waals surface area (Å²) >= 11 is 0. The second-order valence-electron chi connectivity index (χ2n) is 3.28. The number of hydrogen-bond donors (Lipinski definition) is 3. The van der Waals surface area contributed by atoms with Crippen molar-refractivity contribution in [2.24, 2.45) is 5.73 Å². The highest BCUT2D eigenvalue weighted by Crippen LogP contribution is 2.10. The number of rotatable bonds is 4. The normalized spacial score (nSPS) is 14.7. The molecule has 0 aliphatic heterocycles. The Hall–Kier alpha value is -1.39. The van der Waals surface area contributed by atoms with E-state index in [1.54, 1.807) is 24.3 Å². The quantitative estimate of drug-likeness (QED) is 0.631. The number of carboxylic acids is 1. The van der Waals surface area contributed by atoms with E-state index in [-0.39, 0.29) is 6.42 Å². The summed E-state index contributed by atoms with van der Waals surface area (Å²) in [5.74, 6) is -1.19. The lowest BCUT2D eigenvalue weighted by atomic mass is 9.93. The highest BCUT2D eigenvalue weighted by molar-refractivity contribution is 5.79. The van der Waals surface area contributed by atoms with Gasteiger partial charge in [-0.05, 0) is 5.56 Å². The van der Waals surface area contributed by atoms with Gasteiger partial charge < -0.3 is 15.9 Å². The van der Waals surface area contributed by atoms with E-state index in [2.05, 4.69) is 0 Å². The number of benzene rings is 1. The molecule has 0 amide bonds. The van der Waals surface area contributed by atoms with Crippen LogP contribution in [0.3, 0.4) is 0 Å². The van der Waals surface area contributed by atoms with E-state index in [1.165, 1.54) is 0 Å². The van der Waals surface area contributed by atoms with Crippen LogP contribution in [0.1, 0.15) is 5.56 Å². The molecular formula is C10H13NO3. The molecule has 0 bridgehead atoms. The molecule has 0 radical (unpaired) electrons. The molecule has 14 heavy (non-hydrogen) atoms. The zero-order valence-electron chi connectivity index (χ0n) is 7.68. The Kier molecular flexibility index (Phi) is 3.22. The van der Waals surface area contributed by atoms with E-state index in [9.17, 15) is 4.79 Å². The van der Waals surface area contributed by atoms with Gasteiger partial charge in [-0.1, -0.05) is 30.3 Å². The zero-order chi connectivity index (χ0) is 10.6. The second kappa shape index (κ2) is 4.21. The van der Waals surface area contributed by atoms with Crippen molar-refractivity contribution in [3.63, 3.8) is 0 Å². The highest BCUT2D eigenvalue weighted by atomic mass is 16.4. The molecule has 1 atom stereocenters. The van der Waals surface area contributed by atoms with Crippen LogP contribution >= 0.6 is 0 Å². The van der Waals surface area contributed by atoms with Gasteiger partial charge in [0.1, 0.15) is 5.54 Å². The molecule has 76 valence electrons. The molecule has 4 N–H and O–H groups in total. The molecule has 0 heterocycles. The first-order chi connectivity index (χ1) is 6.58. The molecule has 0 saturated heterocycles.